The van der Waals surface area contributed by atoms with Crippen molar-refractivity contribution in [2.24, 2.45) is 0 Å². The molecular formula is C15H23NO4. The molecule has 1 aliphatic rings. The number of hydrogen-bond donors (Lipinski definition) is 1. The molecule has 0 saturated carbocycles. The minimum Gasteiger partial charge on any atom is -0.493 e. The van der Waals surface area contributed by atoms with E-state index < -0.39 is 0 Å². The molecule has 0 spiro atoms. The molecule has 1 fully saturated rings. The maximum atomic E-state index is 5.88. The zero-order valence-electron chi connectivity index (χ0n) is 12.3. The first-order valence-corrected chi connectivity index (χ1v) is 6.87. The van der Waals surface area contributed by atoms with E-state index in [1.54, 1.807) is 14.2 Å². The summed E-state index contributed by atoms with van der Waals surface area (Å²) in [6.07, 6.45) is 1.19. The van der Waals surface area contributed by atoms with E-state index in [2.05, 4.69) is 5.32 Å². The van der Waals surface area contributed by atoms with Crippen LogP contribution in [-0.4, -0.2) is 47.2 Å². The van der Waals surface area contributed by atoms with E-state index in [4.69, 9.17) is 18.9 Å². The van der Waals surface area contributed by atoms with Crippen molar-refractivity contribution in [2.75, 3.05) is 41.1 Å². The lowest BCUT2D eigenvalue weighted by molar-refractivity contribution is 0.0308. The Hall–Kier alpha value is -1.30. The molecule has 1 N–H and O–H groups in total. The lowest BCUT2D eigenvalue weighted by atomic mass is 10.1. The van der Waals surface area contributed by atoms with Crippen LogP contribution in [0.5, 0.6) is 11.5 Å². The fourth-order valence-corrected chi connectivity index (χ4v) is 2.29. The predicted molar refractivity (Wildman–Crippen MR) is 76.5 cm³/mol. The SMILES string of the molecule is CNC(COC1CCOC1)c1ccc(OC)c(OC)c1. The van der Waals surface area contributed by atoms with E-state index in [9.17, 15) is 0 Å². The number of benzene rings is 1. The van der Waals surface area contributed by atoms with Gasteiger partial charge in [0.05, 0.1) is 39.6 Å². The van der Waals surface area contributed by atoms with Crippen molar-refractivity contribution < 1.29 is 18.9 Å². The van der Waals surface area contributed by atoms with Crippen LogP contribution >= 0.6 is 0 Å². The van der Waals surface area contributed by atoms with Crippen molar-refractivity contribution in [3.63, 3.8) is 0 Å². The summed E-state index contributed by atoms with van der Waals surface area (Å²) >= 11 is 0. The summed E-state index contributed by atoms with van der Waals surface area (Å²) in [6, 6.07) is 6.04. The molecule has 1 aliphatic heterocycles. The molecule has 2 atom stereocenters. The van der Waals surface area contributed by atoms with Crippen molar-refractivity contribution in [1.82, 2.24) is 5.32 Å². The third-order valence-corrected chi connectivity index (χ3v) is 3.54. The fourth-order valence-electron chi connectivity index (χ4n) is 2.29. The van der Waals surface area contributed by atoms with Crippen LogP contribution in [-0.2, 0) is 9.47 Å². The molecule has 1 saturated heterocycles. The second-order valence-electron chi connectivity index (χ2n) is 4.77. The van der Waals surface area contributed by atoms with Crippen molar-refractivity contribution in [3.05, 3.63) is 23.8 Å². The zero-order chi connectivity index (χ0) is 14.4. The zero-order valence-corrected chi connectivity index (χ0v) is 12.3. The summed E-state index contributed by atoms with van der Waals surface area (Å²) in [5.74, 6) is 1.46. The number of likely N-dealkylation sites (N-methyl/N-ethyl adjacent to an activating group) is 1. The molecule has 2 rings (SSSR count). The van der Waals surface area contributed by atoms with Gasteiger partial charge < -0.3 is 24.3 Å². The smallest absolute Gasteiger partial charge is 0.161 e. The predicted octanol–water partition coefficient (Wildman–Crippen LogP) is 1.77. The van der Waals surface area contributed by atoms with Crippen LogP contribution in [0.2, 0.25) is 0 Å². The van der Waals surface area contributed by atoms with E-state index >= 15 is 0 Å². The first kappa shape index (κ1) is 15.1. The van der Waals surface area contributed by atoms with Gasteiger partial charge in [0.1, 0.15) is 0 Å². The average molecular weight is 281 g/mol. The van der Waals surface area contributed by atoms with Gasteiger partial charge in [0.15, 0.2) is 11.5 Å². The third kappa shape index (κ3) is 3.62. The fraction of sp³-hybridized carbons (Fsp3) is 0.600. The number of nitrogens with one attached hydrogen (secondary N) is 1. The highest BCUT2D eigenvalue weighted by Gasteiger charge is 2.19. The third-order valence-electron chi connectivity index (χ3n) is 3.54. The molecule has 5 nitrogen and oxygen atoms in total. The minimum atomic E-state index is 0.121. The summed E-state index contributed by atoms with van der Waals surface area (Å²) < 4.78 is 21.8. The van der Waals surface area contributed by atoms with Crippen molar-refractivity contribution in [1.29, 1.82) is 0 Å². The largest absolute Gasteiger partial charge is 0.493 e. The Morgan fingerprint density at radius 2 is 2.10 bits per heavy atom. The molecule has 0 amide bonds. The van der Waals surface area contributed by atoms with E-state index in [-0.39, 0.29) is 12.1 Å². The van der Waals surface area contributed by atoms with E-state index in [1.807, 2.05) is 25.2 Å². The number of hydrogen-bond acceptors (Lipinski definition) is 5. The molecule has 0 radical (unpaired) electrons. The quantitative estimate of drug-likeness (QED) is 0.825. The van der Waals surface area contributed by atoms with Gasteiger partial charge in [0.2, 0.25) is 0 Å². The van der Waals surface area contributed by atoms with E-state index in [0.717, 1.165) is 30.1 Å². The molecule has 112 valence electrons. The van der Waals surface area contributed by atoms with Crippen LogP contribution in [0, 0.1) is 0 Å². The molecule has 0 aromatic heterocycles. The highest BCUT2D eigenvalue weighted by molar-refractivity contribution is 5.43. The Bertz CT molecular complexity index is 418. The van der Waals surface area contributed by atoms with Crippen molar-refractivity contribution in [3.8, 4) is 11.5 Å². The van der Waals surface area contributed by atoms with Gasteiger partial charge in [-0.1, -0.05) is 6.07 Å². The Morgan fingerprint density at radius 1 is 1.30 bits per heavy atom. The molecule has 5 heteroatoms. The van der Waals surface area contributed by atoms with Crippen LogP contribution in [0.4, 0.5) is 0 Å². The van der Waals surface area contributed by atoms with Crippen LogP contribution in [0.15, 0.2) is 18.2 Å². The van der Waals surface area contributed by atoms with Gasteiger partial charge in [-0.05, 0) is 31.2 Å². The van der Waals surface area contributed by atoms with Gasteiger partial charge in [0, 0.05) is 6.61 Å². The molecule has 1 heterocycles. The normalized spacial score (nSPS) is 19.9. The number of ether oxygens (including phenoxy) is 4. The lowest BCUT2D eigenvalue weighted by Crippen LogP contribution is -2.25. The summed E-state index contributed by atoms with van der Waals surface area (Å²) in [6.45, 7) is 2.10. The van der Waals surface area contributed by atoms with Crippen molar-refractivity contribution in [2.45, 2.75) is 18.6 Å². The molecule has 0 aliphatic carbocycles. The first-order valence-electron chi connectivity index (χ1n) is 6.87. The van der Waals surface area contributed by atoms with E-state index in [0.29, 0.717) is 13.2 Å². The second-order valence-corrected chi connectivity index (χ2v) is 4.77. The summed E-state index contributed by atoms with van der Waals surface area (Å²) in [5.41, 5.74) is 1.11. The Kier molecular flexibility index (Phi) is 5.64. The lowest BCUT2D eigenvalue weighted by Gasteiger charge is -2.20. The van der Waals surface area contributed by atoms with Gasteiger partial charge >= 0.3 is 0 Å². The molecule has 2 unspecified atom stereocenters. The van der Waals surface area contributed by atoms with Crippen LogP contribution in [0.25, 0.3) is 0 Å². The Balaban J connectivity index is 2.02. The van der Waals surface area contributed by atoms with Crippen LogP contribution in [0.3, 0.4) is 0 Å². The van der Waals surface area contributed by atoms with Crippen LogP contribution < -0.4 is 14.8 Å². The van der Waals surface area contributed by atoms with Gasteiger partial charge in [0.25, 0.3) is 0 Å². The standard InChI is InChI=1S/C15H23NO4/c1-16-13(10-20-12-6-7-19-9-12)11-4-5-14(17-2)15(8-11)18-3/h4-5,8,12-13,16H,6-7,9-10H2,1-3H3. The second kappa shape index (κ2) is 7.47. The molecular weight excluding hydrogens is 258 g/mol. The molecule has 0 bridgehead atoms. The minimum absolute atomic E-state index is 0.121. The van der Waals surface area contributed by atoms with E-state index in [1.165, 1.54) is 0 Å². The monoisotopic (exact) mass is 281 g/mol. The summed E-state index contributed by atoms with van der Waals surface area (Å²) in [7, 11) is 5.20. The van der Waals surface area contributed by atoms with Gasteiger partial charge in [-0.15, -0.1) is 0 Å². The first-order chi connectivity index (χ1) is 9.78. The molecule has 1 aromatic carbocycles. The average Bonchev–Trinajstić information content (AvgIpc) is 3.01. The molecule has 1 aromatic rings. The Morgan fingerprint density at radius 3 is 2.70 bits per heavy atom. The summed E-state index contributed by atoms with van der Waals surface area (Å²) in [4.78, 5) is 0. The Labute approximate surface area is 120 Å². The maximum absolute atomic E-state index is 5.88. The highest BCUT2D eigenvalue weighted by atomic mass is 16.5. The van der Waals surface area contributed by atoms with Gasteiger partial charge in [-0.2, -0.15) is 0 Å². The van der Waals surface area contributed by atoms with Gasteiger partial charge in [-0.25, -0.2) is 0 Å². The topological polar surface area (TPSA) is 49.0 Å². The number of methoxy groups -OCH3 is 2. The molecule has 20 heavy (non-hydrogen) atoms. The highest BCUT2D eigenvalue weighted by Crippen LogP contribution is 2.30. The van der Waals surface area contributed by atoms with Crippen LogP contribution in [0.1, 0.15) is 18.0 Å². The maximum Gasteiger partial charge on any atom is 0.161 e. The van der Waals surface area contributed by atoms with Crippen molar-refractivity contribution >= 4 is 0 Å². The summed E-state index contributed by atoms with van der Waals surface area (Å²) in [5, 5.41) is 3.27. The number of rotatable bonds is 7. The van der Waals surface area contributed by atoms with Gasteiger partial charge in [-0.3, -0.25) is 0 Å².